The van der Waals surface area contributed by atoms with Crippen LogP contribution in [0.2, 0.25) is 0 Å². The molecule has 0 unspecified atom stereocenters. The minimum Gasteiger partial charge on any atom is -0.365 e. The third-order valence-electron chi connectivity index (χ3n) is 3.76. The van der Waals surface area contributed by atoms with Crippen molar-refractivity contribution < 1.29 is 4.79 Å². The number of nitrogens with zero attached hydrogens (tertiary/aromatic N) is 2. The van der Waals surface area contributed by atoms with Gasteiger partial charge in [-0.3, -0.25) is 4.79 Å². The van der Waals surface area contributed by atoms with Crippen molar-refractivity contribution in [1.82, 2.24) is 20.3 Å². The molecule has 0 saturated heterocycles. The largest absolute Gasteiger partial charge is 0.365 e. The fraction of sp³-hybridized carbons (Fsp3) is 0.316. The molecule has 0 fully saturated rings. The summed E-state index contributed by atoms with van der Waals surface area (Å²) in [4.78, 5) is 23.8. The first kappa shape index (κ1) is 17.0. The number of benzene rings is 1. The number of para-hydroxylation sites is 1. The summed E-state index contributed by atoms with van der Waals surface area (Å²) in [6.07, 6.45) is 4.16. The maximum Gasteiger partial charge on any atom is 0.270 e. The number of carbonyl (C=O) groups excluding carboxylic acids is 1. The number of anilines is 1. The van der Waals surface area contributed by atoms with Gasteiger partial charge in [-0.2, -0.15) is 0 Å². The first-order valence-corrected chi connectivity index (χ1v) is 8.36. The number of rotatable bonds is 5. The summed E-state index contributed by atoms with van der Waals surface area (Å²) in [6.45, 7) is 6.66. The lowest BCUT2D eigenvalue weighted by Crippen LogP contribution is -2.29. The van der Waals surface area contributed by atoms with Crippen LogP contribution < -0.4 is 10.6 Å². The maximum absolute atomic E-state index is 12.3. The summed E-state index contributed by atoms with van der Waals surface area (Å²) in [6, 6.07) is 9.82. The van der Waals surface area contributed by atoms with Crippen LogP contribution in [0.1, 0.15) is 36.8 Å². The van der Waals surface area contributed by atoms with Gasteiger partial charge in [-0.1, -0.05) is 18.2 Å². The molecule has 25 heavy (non-hydrogen) atoms. The second-order valence-corrected chi connectivity index (χ2v) is 7.03. The number of aromatic nitrogens is 3. The standard InChI is InChI=1S/C19H23N5O/c1-19(2,3)24-17-10-16(22-12-23-17)18(25)20-9-8-13-11-21-15-7-5-4-6-14(13)15/h4-7,10-12,21H,8-9H2,1-3H3,(H,20,25)(H,22,23,24). The molecule has 0 atom stereocenters. The Hall–Kier alpha value is -2.89. The van der Waals surface area contributed by atoms with E-state index in [1.807, 2.05) is 45.2 Å². The summed E-state index contributed by atoms with van der Waals surface area (Å²) >= 11 is 0. The fourth-order valence-corrected chi connectivity index (χ4v) is 2.67. The predicted molar refractivity (Wildman–Crippen MR) is 99.7 cm³/mol. The zero-order chi connectivity index (χ0) is 17.9. The molecule has 3 aromatic rings. The highest BCUT2D eigenvalue weighted by Gasteiger charge is 2.13. The number of amides is 1. The lowest BCUT2D eigenvalue weighted by Gasteiger charge is -2.21. The fourth-order valence-electron chi connectivity index (χ4n) is 2.67. The van der Waals surface area contributed by atoms with Crippen molar-refractivity contribution in [1.29, 1.82) is 0 Å². The Morgan fingerprint density at radius 1 is 1.20 bits per heavy atom. The van der Waals surface area contributed by atoms with E-state index in [0.717, 1.165) is 11.9 Å². The van der Waals surface area contributed by atoms with Gasteiger partial charge in [0.25, 0.3) is 5.91 Å². The third kappa shape index (κ3) is 4.35. The number of nitrogens with one attached hydrogen (secondary N) is 3. The van der Waals surface area contributed by atoms with Crippen molar-refractivity contribution in [3.05, 3.63) is 54.1 Å². The predicted octanol–water partition coefficient (Wildman–Crippen LogP) is 3.14. The van der Waals surface area contributed by atoms with Gasteiger partial charge < -0.3 is 15.6 Å². The molecule has 2 heterocycles. The van der Waals surface area contributed by atoms with Crippen LogP contribution in [0.4, 0.5) is 5.82 Å². The van der Waals surface area contributed by atoms with Crippen LogP contribution in [0.5, 0.6) is 0 Å². The van der Waals surface area contributed by atoms with Crippen LogP contribution in [-0.4, -0.2) is 32.9 Å². The topological polar surface area (TPSA) is 82.7 Å². The van der Waals surface area contributed by atoms with Gasteiger partial charge in [0, 0.05) is 35.2 Å². The highest BCUT2D eigenvalue weighted by Crippen LogP contribution is 2.17. The lowest BCUT2D eigenvalue weighted by molar-refractivity contribution is 0.0949. The Morgan fingerprint density at radius 2 is 2.00 bits per heavy atom. The van der Waals surface area contributed by atoms with Crippen molar-refractivity contribution in [2.75, 3.05) is 11.9 Å². The summed E-state index contributed by atoms with van der Waals surface area (Å²) in [7, 11) is 0. The van der Waals surface area contributed by atoms with Gasteiger partial charge in [-0.25, -0.2) is 9.97 Å². The van der Waals surface area contributed by atoms with Crippen LogP contribution in [0.25, 0.3) is 10.9 Å². The molecule has 0 aliphatic carbocycles. The molecule has 0 saturated carbocycles. The number of carbonyl (C=O) groups is 1. The summed E-state index contributed by atoms with van der Waals surface area (Å²) in [5.41, 5.74) is 2.53. The van der Waals surface area contributed by atoms with E-state index in [4.69, 9.17) is 0 Å². The minimum atomic E-state index is -0.195. The second-order valence-electron chi connectivity index (χ2n) is 7.03. The molecule has 3 N–H and O–H groups in total. The molecule has 1 aromatic carbocycles. The number of fused-ring (bicyclic) bond motifs is 1. The van der Waals surface area contributed by atoms with E-state index in [1.165, 1.54) is 17.3 Å². The van der Waals surface area contributed by atoms with Gasteiger partial charge in [-0.15, -0.1) is 0 Å². The molecule has 6 nitrogen and oxygen atoms in total. The third-order valence-corrected chi connectivity index (χ3v) is 3.76. The van der Waals surface area contributed by atoms with Gasteiger partial charge in [0.1, 0.15) is 17.8 Å². The maximum atomic E-state index is 12.3. The normalized spacial score (nSPS) is 11.5. The second kappa shape index (κ2) is 6.93. The van der Waals surface area contributed by atoms with E-state index in [9.17, 15) is 4.79 Å². The Bertz CT molecular complexity index is 879. The van der Waals surface area contributed by atoms with Crippen LogP contribution in [0, 0.1) is 0 Å². The Morgan fingerprint density at radius 3 is 2.80 bits per heavy atom. The molecule has 2 aromatic heterocycles. The van der Waals surface area contributed by atoms with Crippen LogP contribution >= 0.6 is 0 Å². The van der Waals surface area contributed by atoms with E-state index >= 15 is 0 Å². The average Bonchev–Trinajstić information content (AvgIpc) is 2.97. The van der Waals surface area contributed by atoms with Crippen molar-refractivity contribution in [3.8, 4) is 0 Å². The summed E-state index contributed by atoms with van der Waals surface area (Å²) in [5.74, 6) is 0.448. The highest BCUT2D eigenvalue weighted by atomic mass is 16.1. The molecule has 6 heteroatoms. The quantitative estimate of drug-likeness (QED) is 0.668. The van der Waals surface area contributed by atoms with Gasteiger partial charge in [0.15, 0.2) is 0 Å². The molecular weight excluding hydrogens is 314 g/mol. The van der Waals surface area contributed by atoms with Gasteiger partial charge >= 0.3 is 0 Å². The van der Waals surface area contributed by atoms with Crippen LogP contribution in [-0.2, 0) is 6.42 Å². The molecule has 0 bridgehead atoms. The van der Waals surface area contributed by atoms with Crippen LogP contribution in [0.15, 0.2) is 42.9 Å². The van der Waals surface area contributed by atoms with E-state index in [-0.39, 0.29) is 11.4 Å². The number of hydrogen-bond donors (Lipinski definition) is 3. The Balaban J connectivity index is 1.60. The molecule has 0 aliphatic heterocycles. The molecule has 130 valence electrons. The first-order chi connectivity index (χ1) is 11.9. The minimum absolute atomic E-state index is 0.128. The van der Waals surface area contributed by atoms with Crippen molar-refractivity contribution in [2.24, 2.45) is 0 Å². The monoisotopic (exact) mass is 337 g/mol. The van der Waals surface area contributed by atoms with Crippen molar-refractivity contribution in [2.45, 2.75) is 32.7 Å². The smallest absolute Gasteiger partial charge is 0.270 e. The molecule has 1 amide bonds. The summed E-state index contributed by atoms with van der Waals surface area (Å²) < 4.78 is 0. The molecule has 0 spiro atoms. The molecular formula is C19H23N5O. The van der Waals surface area contributed by atoms with E-state index in [1.54, 1.807) is 6.07 Å². The molecule has 3 rings (SSSR count). The Kier molecular flexibility index (Phi) is 4.70. The average molecular weight is 337 g/mol. The summed E-state index contributed by atoms with van der Waals surface area (Å²) in [5, 5.41) is 7.35. The van der Waals surface area contributed by atoms with E-state index < -0.39 is 0 Å². The molecule has 0 aliphatic rings. The van der Waals surface area contributed by atoms with E-state index in [0.29, 0.717) is 18.1 Å². The van der Waals surface area contributed by atoms with Crippen LogP contribution in [0.3, 0.4) is 0 Å². The van der Waals surface area contributed by atoms with Crippen molar-refractivity contribution in [3.63, 3.8) is 0 Å². The number of aromatic amines is 1. The van der Waals surface area contributed by atoms with Gasteiger partial charge in [0.05, 0.1) is 0 Å². The lowest BCUT2D eigenvalue weighted by atomic mass is 10.1. The SMILES string of the molecule is CC(C)(C)Nc1cc(C(=O)NCCc2c[nH]c3ccccc23)ncn1. The van der Waals surface area contributed by atoms with Crippen molar-refractivity contribution >= 4 is 22.6 Å². The first-order valence-electron chi connectivity index (χ1n) is 8.36. The van der Waals surface area contributed by atoms with Gasteiger partial charge in [-0.05, 0) is 38.8 Å². The Labute approximate surface area is 147 Å². The highest BCUT2D eigenvalue weighted by molar-refractivity contribution is 5.92. The van der Waals surface area contributed by atoms with Gasteiger partial charge in [0.2, 0.25) is 0 Å². The van der Waals surface area contributed by atoms with E-state index in [2.05, 4.69) is 31.7 Å². The zero-order valence-electron chi connectivity index (χ0n) is 14.8. The molecule has 0 radical (unpaired) electrons. The number of hydrogen-bond acceptors (Lipinski definition) is 4. The number of H-pyrrole nitrogens is 1. The zero-order valence-corrected chi connectivity index (χ0v) is 14.8.